The van der Waals surface area contributed by atoms with E-state index in [1.807, 2.05) is 0 Å². The summed E-state index contributed by atoms with van der Waals surface area (Å²) in [6.45, 7) is 1.13. The molecule has 1 atom stereocenters. The van der Waals surface area contributed by atoms with Gasteiger partial charge in [0.2, 0.25) is 0 Å². The maximum Gasteiger partial charge on any atom is 0.304 e. The van der Waals surface area contributed by atoms with Gasteiger partial charge in [-0.05, 0) is 6.92 Å². The van der Waals surface area contributed by atoms with Crippen LogP contribution >= 0.6 is 0 Å². The van der Waals surface area contributed by atoms with E-state index < -0.39 is 27.8 Å². The summed E-state index contributed by atoms with van der Waals surface area (Å²) in [7, 11) is -4.18. The average molecular weight is 168 g/mol. The molecule has 0 bridgehead atoms. The van der Waals surface area contributed by atoms with Crippen molar-refractivity contribution in [3.05, 3.63) is 0 Å². The van der Waals surface area contributed by atoms with E-state index in [0.29, 0.717) is 0 Å². The van der Waals surface area contributed by atoms with Gasteiger partial charge in [0.25, 0.3) is 10.1 Å². The summed E-state index contributed by atoms with van der Waals surface area (Å²) in [4.78, 5) is 9.88. The van der Waals surface area contributed by atoms with E-state index in [-0.39, 0.29) is 0 Å². The molecule has 6 heteroatoms. The molecule has 0 aromatic heterocycles. The minimum absolute atomic E-state index is 0.571. The first-order valence-electron chi connectivity index (χ1n) is 2.52. The summed E-state index contributed by atoms with van der Waals surface area (Å²) in [5.41, 5.74) is 0. The Bertz CT molecular complexity index is 216. The Kier molecular flexibility index (Phi) is 2.79. The van der Waals surface area contributed by atoms with Crippen LogP contribution in [-0.4, -0.2) is 29.3 Å². The van der Waals surface area contributed by atoms with Crippen LogP contribution in [0, 0.1) is 0 Å². The fourth-order valence-electron chi connectivity index (χ4n) is 0.351. The van der Waals surface area contributed by atoms with Crippen LogP contribution in [0.25, 0.3) is 0 Å². The number of hydrogen-bond donors (Lipinski definition) is 2. The van der Waals surface area contributed by atoms with E-state index in [1.54, 1.807) is 0 Å². The number of carboxylic acids is 1. The lowest BCUT2D eigenvalue weighted by atomic mass is 10.3. The number of carboxylic acid groups (broad SMARTS) is 1. The second kappa shape index (κ2) is 2.98. The van der Waals surface area contributed by atoms with E-state index in [1.165, 1.54) is 0 Å². The summed E-state index contributed by atoms with van der Waals surface area (Å²) in [6, 6.07) is 0. The zero-order valence-corrected chi connectivity index (χ0v) is 6.13. The Balaban J connectivity index is 4.12. The predicted molar refractivity (Wildman–Crippen MR) is 33.3 cm³/mol. The Hall–Kier alpha value is -0.620. The van der Waals surface area contributed by atoms with Crippen LogP contribution in [0.3, 0.4) is 0 Å². The highest BCUT2D eigenvalue weighted by Crippen LogP contribution is 2.01. The lowest BCUT2D eigenvalue weighted by Crippen LogP contribution is -2.19. The summed E-state index contributed by atoms with van der Waals surface area (Å²) >= 11 is 0. The lowest BCUT2D eigenvalue weighted by molar-refractivity contribution is -0.136. The third-order valence-corrected chi connectivity index (χ3v) is 2.15. The van der Waals surface area contributed by atoms with E-state index in [2.05, 4.69) is 0 Å². The summed E-state index contributed by atoms with van der Waals surface area (Å²) < 4.78 is 28.6. The molecule has 0 aromatic carbocycles. The molecule has 0 aromatic rings. The lowest BCUT2D eigenvalue weighted by Gasteiger charge is -2.01. The van der Waals surface area contributed by atoms with Gasteiger partial charge in [0.1, 0.15) is 0 Å². The first-order valence-corrected chi connectivity index (χ1v) is 4.02. The third-order valence-electron chi connectivity index (χ3n) is 0.971. The second-order valence-electron chi connectivity index (χ2n) is 1.92. The number of rotatable bonds is 3. The van der Waals surface area contributed by atoms with Crippen molar-refractivity contribution in [2.75, 3.05) is 0 Å². The summed E-state index contributed by atoms with van der Waals surface area (Å²) in [5.74, 6) is -1.25. The number of carbonyl (C=O) groups is 1. The van der Waals surface area contributed by atoms with Crippen molar-refractivity contribution in [2.45, 2.75) is 18.6 Å². The SMILES string of the molecule is C[C@@H](CC(=O)O)S(=O)(=O)O. The zero-order chi connectivity index (χ0) is 8.36. The molecular formula is C4H8O5S. The van der Waals surface area contributed by atoms with Crippen molar-refractivity contribution in [2.24, 2.45) is 0 Å². The Morgan fingerprint density at radius 1 is 1.60 bits per heavy atom. The van der Waals surface area contributed by atoms with Gasteiger partial charge in [-0.2, -0.15) is 8.42 Å². The van der Waals surface area contributed by atoms with E-state index >= 15 is 0 Å². The molecule has 0 aliphatic rings. The smallest absolute Gasteiger partial charge is 0.304 e. The topological polar surface area (TPSA) is 91.7 Å². The van der Waals surface area contributed by atoms with Gasteiger partial charge in [0.15, 0.2) is 0 Å². The van der Waals surface area contributed by atoms with Gasteiger partial charge in [0, 0.05) is 0 Å². The van der Waals surface area contributed by atoms with Gasteiger partial charge in [-0.25, -0.2) is 0 Å². The predicted octanol–water partition coefficient (Wildman–Crippen LogP) is -0.263. The van der Waals surface area contributed by atoms with E-state index in [9.17, 15) is 13.2 Å². The minimum atomic E-state index is -4.18. The van der Waals surface area contributed by atoms with Crippen molar-refractivity contribution in [1.82, 2.24) is 0 Å². The first kappa shape index (κ1) is 9.38. The molecule has 10 heavy (non-hydrogen) atoms. The molecule has 0 rings (SSSR count). The van der Waals surface area contributed by atoms with Gasteiger partial charge >= 0.3 is 5.97 Å². The molecule has 0 saturated carbocycles. The molecule has 60 valence electrons. The van der Waals surface area contributed by atoms with Crippen molar-refractivity contribution in [1.29, 1.82) is 0 Å². The largest absolute Gasteiger partial charge is 0.481 e. The van der Waals surface area contributed by atoms with Crippen molar-refractivity contribution >= 4 is 16.1 Å². The fraction of sp³-hybridized carbons (Fsp3) is 0.750. The summed E-state index contributed by atoms with van der Waals surface area (Å²) in [5, 5.41) is 6.84. The molecule has 5 nitrogen and oxygen atoms in total. The molecule has 0 amide bonds. The van der Waals surface area contributed by atoms with Crippen LogP contribution in [0.5, 0.6) is 0 Å². The molecule has 0 saturated heterocycles. The molecule has 0 aliphatic heterocycles. The quantitative estimate of drug-likeness (QED) is 0.566. The van der Waals surface area contributed by atoms with E-state index in [0.717, 1.165) is 6.92 Å². The van der Waals surface area contributed by atoms with Gasteiger partial charge in [0.05, 0.1) is 11.7 Å². The number of aliphatic carboxylic acids is 1. The molecule has 0 radical (unpaired) electrons. The average Bonchev–Trinajstić information content (AvgIpc) is 1.60. The molecule has 0 aliphatic carbocycles. The highest BCUT2D eigenvalue weighted by molar-refractivity contribution is 7.86. The second-order valence-corrected chi connectivity index (χ2v) is 3.76. The van der Waals surface area contributed by atoms with Gasteiger partial charge in [-0.1, -0.05) is 0 Å². The molecule has 2 N–H and O–H groups in total. The van der Waals surface area contributed by atoms with Crippen molar-refractivity contribution in [3.8, 4) is 0 Å². The summed E-state index contributed by atoms with van der Waals surface area (Å²) in [6.07, 6.45) is -0.571. The van der Waals surface area contributed by atoms with Gasteiger partial charge < -0.3 is 5.11 Å². The Morgan fingerprint density at radius 2 is 2.00 bits per heavy atom. The van der Waals surface area contributed by atoms with Crippen molar-refractivity contribution in [3.63, 3.8) is 0 Å². The Labute approximate surface area is 58.4 Å². The zero-order valence-electron chi connectivity index (χ0n) is 5.31. The maximum absolute atomic E-state index is 10.2. The molecular weight excluding hydrogens is 160 g/mol. The molecule has 0 unspecified atom stereocenters. The standard InChI is InChI=1S/C4H8O5S/c1-3(2-4(5)6)10(7,8)9/h3H,2H2,1H3,(H,5,6)(H,7,8,9)/t3-/m0/s1. The molecule has 0 spiro atoms. The van der Waals surface area contributed by atoms with Crippen LogP contribution < -0.4 is 0 Å². The first-order chi connectivity index (χ1) is 4.34. The third kappa shape index (κ3) is 3.41. The monoisotopic (exact) mass is 168 g/mol. The molecule has 0 heterocycles. The van der Waals surface area contributed by atoms with Crippen LogP contribution in [0.15, 0.2) is 0 Å². The fourth-order valence-corrected chi connectivity index (χ4v) is 0.704. The van der Waals surface area contributed by atoms with Crippen molar-refractivity contribution < 1.29 is 22.9 Å². The maximum atomic E-state index is 10.2. The number of hydrogen-bond acceptors (Lipinski definition) is 3. The van der Waals surface area contributed by atoms with Crippen LogP contribution in [0.4, 0.5) is 0 Å². The van der Waals surface area contributed by atoms with Gasteiger partial charge in [-0.3, -0.25) is 9.35 Å². The van der Waals surface area contributed by atoms with Crippen LogP contribution in [-0.2, 0) is 14.9 Å². The highest BCUT2D eigenvalue weighted by Gasteiger charge is 2.19. The minimum Gasteiger partial charge on any atom is -0.481 e. The van der Waals surface area contributed by atoms with Gasteiger partial charge in [-0.15, -0.1) is 0 Å². The highest BCUT2D eigenvalue weighted by atomic mass is 32.2. The van der Waals surface area contributed by atoms with Crippen LogP contribution in [0.2, 0.25) is 0 Å². The normalized spacial score (nSPS) is 14.6. The van der Waals surface area contributed by atoms with Crippen LogP contribution in [0.1, 0.15) is 13.3 Å². The Morgan fingerprint density at radius 3 is 2.10 bits per heavy atom. The molecule has 0 fully saturated rings. The van der Waals surface area contributed by atoms with E-state index in [4.69, 9.17) is 9.66 Å².